The largest absolute Gasteiger partial charge is 0.168 e. The predicted octanol–water partition coefficient (Wildman–Crippen LogP) is 11.5. The molecular weight excluding hydrogens is 588 g/mol. The van der Waals surface area contributed by atoms with Crippen LogP contribution >= 0.6 is 0 Å². The molecule has 4 rings (SSSR count). The molecule has 0 radical (unpaired) electrons. The Hall–Kier alpha value is -1.37. The summed E-state index contributed by atoms with van der Waals surface area (Å²) in [5.74, 6) is 0.966. The van der Waals surface area contributed by atoms with Gasteiger partial charge in [0.15, 0.2) is 0 Å². The van der Waals surface area contributed by atoms with Crippen LogP contribution in [0.25, 0.3) is 21.9 Å². The van der Waals surface area contributed by atoms with Crippen LogP contribution in [0.2, 0.25) is 12.1 Å². The molecule has 0 nitrogen and oxygen atoms in total. The summed E-state index contributed by atoms with van der Waals surface area (Å²) in [6.07, 6.45) is 0. The normalized spacial score (nSPS) is 16.8. The van der Waals surface area contributed by atoms with E-state index in [0.717, 1.165) is 0 Å². The molecule has 0 bridgehead atoms. The number of benzene rings is 2. The van der Waals surface area contributed by atoms with Crippen molar-refractivity contribution in [3.05, 3.63) is 81.1 Å². The van der Waals surface area contributed by atoms with Crippen LogP contribution in [0.15, 0.2) is 64.4 Å². The fourth-order valence-electron chi connectivity index (χ4n) is 8.04. The summed E-state index contributed by atoms with van der Waals surface area (Å²) in [4.78, 5) is 0. The fourth-order valence-corrected chi connectivity index (χ4v) is 14.2. The van der Waals surface area contributed by atoms with E-state index >= 15 is 0 Å². The van der Waals surface area contributed by atoms with E-state index in [-0.39, 0.29) is 37.0 Å². The van der Waals surface area contributed by atoms with Crippen molar-refractivity contribution < 1.29 is 26.2 Å². The maximum absolute atomic E-state index is 2.66. The molecule has 0 heterocycles. The molecule has 41 heavy (non-hydrogen) atoms. The Morgan fingerprint density at radius 3 is 1.93 bits per heavy atom. The summed E-state index contributed by atoms with van der Waals surface area (Å²) < 4.78 is 0. The van der Waals surface area contributed by atoms with Gasteiger partial charge in [0.25, 0.3) is 0 Å². The quantitative estimate of drug-likeness (QED) is 0.185. The third kappa shape index (κ3) is 5.55. The first-order chi connectivity index (χ1) is 18.5. The maximum Gasteiger partial charge on any atom is 0.114 e. The third-order valence-corrected chi connectivity index (χ3v) is 16.0. The van der Waals surface area contributed by atoms with Crippen molar-refractivity contribution in [2.24, 2.45) is 5.92 Å². The number of fused-ring (bicyclic) bond motifs is 1. The van der Waals surface area contributed by atoms with Crippen LogP contribution in [0.5, 0.6) is 0 Å². The van der Waals surface area contributed by atoms with E-state index in [1.807, 2.05) is 5.20 Å². The topological polar surface area (TPSA) is 0 Å². The number of rotatable bonds is 6. The van der Waals surface area contributed by atoms with E-state index in [2.05, 4.69) is 139 Å². The van der Waals surface area contributed by atoms with Crippen molar-refractivity contribution in [2.75, 3.05) is 0 Å². The summed E-state index contributed by atoms with van der Waals surface area (Å²) in [7, 11) is -2.11. The molecule has 0 amide bonds. The zero-order valence-corrected chi connectivity index (χ0v) is 32.1. The predicted molar refractivity (Wildman–Crippen MR) is 183 cm³/mol. The smallest absolute Gasteiger partial charge is 0.114 e. The summed E-state index contributed by atoms with van der Waals surface area (Å²) >= 11 is 0. The van der Waals surface area contributed by atoms with E-state index in [4.69, 9.17) is 0 Å². The van der Waals surface area contributed by atoms with Gasteiger partial charge in [0, 0.05) is 26.2 Å². The minimum Gasteiger partial charge on any atom is -0.168 e. The Bertz CT molecular complexity index is 1490. The van der Waals surface area contributed by atoms with E-state index < -0.39 is 8.07 Å². The zero-order chi connectivity index (χ0) is 29.9. The van der Waals surface area contributed by atoms with Gasteiger partial charge >= 0.3 is 0 Å². The molecule has 1 atom stereocenters. The van der Waals surface area contributed by atoms with Crippen LogP contribution in [-0.4, -0.2) is 8.07 Å². The molecule has 1 unspecified atom stereocenters. The van der Waals surface area contributed by atoms with Crippen LogP contribution in [0, 0.1) is 5.92 Å². The molecule has 0 aliphatic heterocycles. The molecule has 220 valence electrons. The molecule has 0 N–H and O–H groups in total. The van der Waals surface area contributed by atoms with Crippen LogP contribution in [0.1, 0.15) is 120 Å². The Morgan fingerprint density at radius 2 is 1.46 bits per heavy atom. The molecular formula is C39H55SiZr-. The van der Waals surface area contributed by atoms with Crippen LogP contribution in [0.3, 0.4) is 0 Å². The summed E-state index contributed by atoms with van der Waals surface area (Å²) in [6, 6.07) is 18.9. The average Bonchev–Trinajstić information content (AvgIpc) is 3.43. The van der Waals surface area contributed by atoms with E-state index in [9.17, 15) is 0 Å². The van der Waals surface area contributed by atoms with Crippen LogP contribution in [-0.2, 0) is 37.0 Å². The SMILES string of the molecule is CC[Si](CC)(C1=C(C)C(C)=C(C)C1C)c1c(C(C)(C)C)cc(-c2cccc3[cH-]ccc23)c(C(C)C)c1C(C)(C)C.[Zr]. The van der Waals surface area contributed by atoms with E-state index in [0.29, 0.717) is 11.8 Å². The molecule has 0 spiro atoms. The third-order valence-electron chi connectivity index (χ3n) is 10.3. The van der Waals surface area contributed by atoms with Gasteiger partial charge in [-0.15, -0.1) is 29.0 Å². The average molecular weight is 643 g/mol. The van der Waals surface area contributed by atoms with E-state index in [1.165, 1.54) is 34.0 Å². The molecule has 0 aromatic heterocycles. The summed E-state index contributed by atoms with van der Waals surface area (Å²) in [5, 5.41) is 6.30. The van der Waals surface area contributed by atoms with Gasteiger partial charge in [-0.1, -0.05) is 122 Å². The first-order valence-corrected chi connectivity index (χ1v) is 18.2. The molecule has 1 aliphatic rings. The van der Waals surface area contributed by atoms with Crippen molar-refractivity contribution in [3.63, 3.8) is 0 Å². The molecule has 0 fully saturated rings. The minimum atomic E-state index is -2.11. The summed E-state index contributed by atoms with van der Waals surface area (Å²) in [6.45, 7) is 34.4. The van der Waals surface area contributed by atoms with Gasteiger partial charge < -0.3 is 0 Å². The van der Waals surface area contributed by atoms with Crippen molar-refractivity contribution in [3.8, 4) is 11.1 Å². The minimum absolute atomic E-state index is 0. The first kappa shape index (κ1) is 34.1. The number of allylic oxidation sites excluding steroid dienone is 4. The Kier molecular flexibility index (Phi) is 9.95. The van der Waals surface area contributed by atoms with Crippen molar-refractivity contribution in [2.45, 2.75) is 126 Å². The van der Waals surface area contributed by atoms with Gasteiger partial charge in [0.1, 0.15) is 8.07 Å². The second-order valence-corrected chi connectivity index (χ2v) is 19.6. The standard InChI is InChI=1S/C39H55Si.Zr/c1-15-40(16-2,36-27(7)25(5)26(6)28(36)8)37-33(38(9,10)11)23-32(34(24(3)4)35(37)39(12,13)14)31-22-18-20-29-19-17-21-30(29)31;/h17-24,27H,15-16H2,1-14H3;/q-1;. The zero-order valence-electron chi connectivity index (χ0n) is 28.6. The van der Waals surface area contributed by atoms with Gasteiger partial charge in [0.2, 0.25) is 0 Å². The maximum atomic E-state index is 2.66. The van der Waals surface area contributed by atoms with Crippen molar-refractivity contribution in [1.82, 2.24) is 0 Å². The number of hydrogen-bond acceptors (Lipinski definition) is 0. The van der Waals surface area contributed by atoms with Crippen molar-refractivity contribution >= 4 is 24.0 Å². The molecule has 0 saturated carbocycles. The van der Waals surface area contributed by atoms with Crippen molar-refractivity contribution in [1.29, 1.82) is 0 Å². The Labute approximate surface area is 272 Å². The van der Waals surface area contributed by atoms with Crippen LogP contribution < -0.4 is 5.19 Å². The molecule has 0 saturated heterocycles. The second-order valence-electron chi connectivity index (χ2n) is 15.0. The first-order valence-electron chi connectivity index (χ1n) is 15.8. The van der Waals surface area contributed by atoms with Crippen LogP contribution in [0.4, 0.5) is 0 Å². The Balaban J connectivity index is 0.00000462. The van der Waals surface area contributed by atoms with Gasteiger partial charge in [-0.05, 0) is 76.5 Å². The monoisotopic (exact) mass is 641 g/mol. The fraction of sp³-hybridized carbons (Fsp3) is 0.513. The van der Waals surface area contributed by atoms with E-state index in [1.54, 1.807) is 38.6 Å². The summed E-state index contributed by atoms with van der Waals surface area (Å²) in [5.41, 5.74) is 12.5. The Morgan fingerprint density at radius 1 is 0.854 bits per heavy atom. The molecule has 1 aliphatic carbocycles. The molecule has 2 heteroatoms. The van der Waals surface area contributed by atoms with Gasteiger partial charge in [-0.2, -0.15) is 12.1 Å². The second kappa shape index (κ2) is 12.0. The molecule has 3 aromatic carbocycles. The van der Waals surface area contributed by atoms with Gasteiger partial charge in [-0.3, -0.25) is 0 Å². The van der Waals surface area contributed by atoms with Gasteiger partial charge in [-0.25, -0.2) is 0 Å². The number of hydrogen-bond donors (Lipinski definition) is 0. The molecule has 3 aromatic rings. The van der Waals surface area contributed by atoms with Gasteiger partial charge in [0.05, 0.1) is 0 Å².